The topological polar surface area (TPSA) is 58.6 Å². The maximum Gasteiger partial charge on any atom is 0.261 e. The van der Waals surface area contributed by atoms with Crippen molar-refractivity contribution in [3.63, 3.8) is 0 Å². The molecule has 0 aliphatic carbocycles. The molecule has 2 rings (SSSR count). The number of rotatable bonds is 9. The zero-order chi connectivity index (χ0) is 21.4. The third-order valence-corrected chi connectivity index (χ3v) is 4.94. The van der Waals surface area contributed by atoms with Crippen molar-refractivity contribution >= 4 is 23.4 Å². The number of amides is 2. The van der Waals surface area contributed by atoms with E-state index in [1.165, 1.54) is 0 Å². The lowest BCUT2D eigenvalue weighted by Gasteiger charge is -2.30. The summed E-state index contributed by atoms with van der Waals surface area (Å²) in [5, 5.41) is 3.45. The average Bonchev–Trinajstić information content (AvgIpc) is 2.68. The summed E-state index contributed by atoms with van der Waals surface area (Å²) in [5.41, 5.74) is 3.00. The molecule has 1 unspecified atom stereocenters. The first-order chi connectivity index (χ1) is 13.8. The van der Waals surface area contributed by atoms with Gasteiger partial charge in [0.15, 0.2) is 6.61 Å². The summed E-state index contributed by atoms with van der Waals surface area (Å²) in [7, 11) is 0. The van der Waals surface area contributed by atoms with Crippen LogP contribution in [0.1, 0.15) is 37.0 Å². The van der Waals surface area contributed by atoms with Crippen LogP contribution < -0.4 is 10.1 Å². The van der Waals surface area contributed by atoms with Gasteiger partial charge >= 0.3 is 0 Å². The number of hydrogen-bond donors (Lipinski definition) is 1. The van der Waals surface area contributed by atoms with Crippen LogP contribution in [0.5, 0.6) is 5.75 Å². The van der Waals surface area contributed by atoms with Crippen LogP contribution >= 0.6 is 11.6 Å². The van der Waals surface area contributed by atoms with Gasteiger partial charge in [-0.2, -0.15) is 0 Å². The molecule has 156 valence electrons. The Balaban J connectivity index is 2.20. The van der Waals surface area contributed by atoms with E-state index in [0.717, 1.165) is 16.7 Å². The van der Waals surface area contributed by atoms with Crippen molar-refractivity contribution in [1.82, 2.24) is 10.2 Å². The molecular weight excluding hydrogens is 388 g/mol. The van der Waals surface area contributed by atoms with Crippen molar-refractivity contribution in [1.29, 1.82) is 0 Å². The molecule has 6 heteroatoms. The van der Waals surface area contributed by atoms with Crippen LogP contribution in [0.4, 0.5) is 0 Å². The van der Waals surface area contributed by atoms with E-state index in [4.69, 9.17) is 16.3 Å². The Labute approximate surface area is 178 Å². The number of likely N-dealkylation sites (N-methyl/N-ethyl adjacent to an activating group) is 1. The fraction of sp³-hybridized carbons (Fsp3) is 0.391. The van der Waals surface area contributed by atoms with E-state index in [1.807, 2.05) is 58.0 Å². The van der Waals surface area contributed by atoms with Gasteiger partial charge in [0.1, 0.15) is 11.8 Å². The molecule has 0 aromatic heterocycles. The standard InChI is InChI=1S/C23H29ClN2O3/c1-5-20(23(28)25-6-2)26(14-18-8-10-19(24)11-9-18)22(27)15-29-21-12-7-16(3)13-17(21)4/h7-13,20H,5-6,14-15H2,1-4H3,(H,25,28). The Kier molecular flexibility index (Phi) is 8.52. The van der Waals surface area contributed by atoms with Gasteiger partial charge in [-0.25, -0.2) is 0 Å². The first kappa shape index (κ1) is 22.8. The number of hydrogen-bond acceptors (Lipinski definition) is 3. The Morgan fingerprint density at radius 3 is 2.38 bits per heavy atom. The summed E-state index contributed by atoms with van der Waals surface area (Å²) < 4.78 is 5.78. The van der Waals surface area contributed by atoms with Gasteiger partial charge in [0, 0.05) is 18.1 Å². The highest BCUT2D eigenvalue weighted by atomic mass is 35.5. The number of ether oxygens (including phenoxy) is 1. The zero-order valence-electron chi connectivity index (χ0n) is 17.5. The highest BCUT2D eigenvalue weighted by Crippen LogP contribution is 2.20. The van der Waals surface area contributed by atoms with Crippen molar-refractivity contribution in [3.8, 4) is 5.75 Å². The molecule has 29 heavy (non-hydrogen) atoms. The van der Waals surface area contributed by atoms with Crippen LogP contribution in [0, 0.1) is 13.8 Å². The molecule has 0 heterocycles. The van der Waals surface area contributed by atoms with Crippen LogP contribution in [0.3, 0.4) is 0 Å². The molecule has 0 spiro atoms. The summed E-state index contributed by atoms with van der Waals surface area (Å²) in [4.78, 5) is 27.2. The van der Waals surface area contributed by atoms with Gasteiger partial charge in [-0.1, -0.05) is 48.4 Å². The number of nitrogens with zero attached hydrogens (tertiary/aromatic N) is 1. The lowest BCUT2D eigenvalue weighted by Crippen LogP contribution is -2.50. The second kappa shape index (κ2) is 10.9. The van der Waals surface area contributed by atoms with Crippen LogP contribution in [-0.2, 0) is 16.1 Å². The summed E-state index contributed by atoms with van der Waals surface area (Å²) in [6.07, 6.45) is 0.509. The smallest absolute Gasteiger partial charge is 0.261 e. The Hall–Kier alpha value is -2.53. The minimum absolute atomic E-state index is 0.132. The minimum atomic E-state index is -0.569. The van der Waals surface area contributed by atoms with Gasteiger partial charge in [0.05, 0.1) is 0 Å². The average molecular weight is 417 g/mol. The van der Waals surface area contributed by atoms with Crippen molar-refractivity contribution in [2.24, 2.45) is 0 Å². The van der Waals surface area contributed by atoms with E-state index in [0.29, 0.717) is 30.3 Å². The normalized spacial score (nSPS) is 11.6. The quantitative estimate of drug-likeness (QED) is 0.663. The monoisotopic (exact) mass is 416 g/mol. The molecule has 0 bridgehead atoms. The van der Waals surface area contributed by atoms with E-state index in [-0.39, 0.29) is 18.4 Å². The van der Waals surface area contributed by atoms with Gasteiger partial charge in [-0.3, -0.25) is 9.59 Å². The van der Waals surface area contributed by atoms with E-state index in [1.54, 1.807) is 17.0 Å². The van der Waals surface area contributed by atoms with Gasteiger partial charge in [0.25, 0.3) is 5.91 Å². The number of benzene rings is 2. The van der Waals surface area contributed by atoms with Gasteiger partial charge in [-0.15, -0.1) is 0 Å². The summed E-state index contributed by atoms with van der Waals surface area (Å²) in [5.74, 6) is 0.267. The fourth-order valence-electron chi connectivity index (χ4n) is 3.18. The maximum atomic E-state index is 13.1. The second-order valence-electron chi connectivity index (χ2n) is 7.02. The molecular formula is C23H29ClN2O3. The molecule has 2 amide bonds. The van der Waals surface area contributed by atoms with Crippen molar-refractivity contribution < 1.29 is 14.3 Å². The van der Waals surface area contributed by atoms with E-state index >= 15 is 0 Å². The predicted octanol–water partition coefficient (Wildman–Crippen LogP) is 4.28. The number of aryl methyl sites for hydroxylation is 2. The molecule has 0 fully saturated rings. The lowest BCUT2D eigenvalue weighted by atomic mass is 10.1. The SMILES string of the molecule is CCNC(=O)C(CC)N(Cc1ccc(Cl)cc1)C(=O)COc1ccc(C)cc1C. The molecule has 0 saturated heterocycles. The molecule has 0 aliphatic rings. The van der Waals surface area contributed by atoms with Crippen LogP contribution in [-0.4, -0.2) is 35.9 Å². The third-order valence-electron chi connectivity index (χ3n) is 4.68. The van der Waals surface area contributed by atoms with E-state index in [9.17, 15) is 9.59 Å². The van der Waals surface area contributed by atoms with Crippen molar-refractivity contribution in [3.05, 3.63) is 64.2 Å². The summed E-state index contributed by atoms with van der Waals surface area (Å²) >= 11 is 5.97. The fourth-order valence-corrected chi connectivity index (χ4v) is 3.31. The predicted molar refractivity (Wildman–Crippen MR) is 116 cm³/mol. The first-order valence-corrected chi connectivity index (χ1v) is 10.2. The number of carbonyl (C=O) groups excluding carboxylic acids is 2. The van der Waals surface area contributed by atoms with Crippen LogP contribution in [0.2, 0.25) is 5.02 Å². The number of carbonyl (C=O) groups is 2. The first-order valence-electron chi connectivity index (χ1n) is 9.87. The second-order valence-corrected chi connectivity index (χ2v) is 7.46. The summed E-state index contributed by atoms with van der Waals surface area (Å²) in [6.45, 7) is 8.40. The lowest BCUT2D eigenvalue weighted by molar-refractivity contribution is -0.142. The van der Waals surface area contributed by atoms with Gasteiger partial charge in [-0.05, 0) is 56.5 Å². The molecule has 0 aliphatic heterocycles. The molecule has 1 atom stereocenters. The summed E-state index contributed by atoms with van der Waals surface area (Å²) in [6, 6.07) is 12.5. The molecule has 1 N–H and O–H groups in total. The van der Waals surface area contributed by atoms with E-state index < -0.39 is 6.04 Å². The Morgan fingerprint density at radius 2 is 1.79 bits per heavy atom. The van der Waals surface area contributed by atoms with Gasteiger partial charge in [0.2, 0.25) is 5.91 Å². The highest BCUT2D eigenvalue weighted by molar-refractivity contribution is 6.30. The maximum absolute atomic E-state index is 13.1. The largest absolute Gasteiger partial charge is 0.483 e. The molecule has 2 aromatic carbocycles. The Bertz CT molecular complexity index is 837. The van der Waals surface area contributed by atoms with Crippen molar-refractivity contribution in [2.75, 3.05) is 13.2 Å². The third kappa shape index (κ3) is 6.50. The van der Waals surface area contributed by atoms with Crippen LogP contribution in [0.25, 0.3) is 0 Å². The molecule has 5 nitrogen and oxygen atoms in total. The number of nitrogens with one attached hydrogen (secondary N) is 1. The zero-order valence-corrected chi connectivity index (χ0v) is 18.3. The van der Waals surface area contributed by atoms with Crippen LogP contribution in [0.15, 0.2) is 42.5 Å². The van der Waals surface area contributed by atoms with E-state index in [2.05, 4.69) is 5.32 Å². The van der Waals surface area contributed by atoms with Crippen molar-refractivity contribution in [2.45, 2.75) is 46.7 Å². The Morgan fingerprint density at radius 1 is 1.10 bits per heavy atom. The molecule has 2 aromatic rings. The highest BCUT2D eigenvalue weighted by Gasteiger charge is 2.28. The number of halogens is 1. The molecule has 0 radical (unpaired) electrons. The van der Waals surface area contributed by atoms with Gasteiger partial charge < -0.3 is 15.0 Å². The minimum Gasteiger partial charge on any atom is -0.483 e. The molecule has 0 saturated carbocycles.